The molecule has 130 valence electrons. The molecule has 2 aromatic heterocycles. The van der Waals surface area contributed by atoms with Gasteiger partial charge in [0, 0.05) is 31.4 Å². The van der Waals surface area contributed by atoms with Gasteiger partial charge in [0.15, 0.2) is 0 Å². The Hall–Kier alpha value is -2.77. The smallest absolute Gasteiger partial charge is 0.359 e. The van der Waals surface area contributed by atoms with Crippen LogP contribution in [0.5, 0.6) is 0 Å². The molecule has 0 aliphatic rings. The number of benzene rings is 1. The van der Waals surface area contributed by atoms with Gasteiger partial charge in [-0.25, -0.2) is 14.4 Å². The summed E-state index contributed by atoms with van der Waals surface area (Å²) in [6.45, 7) is 0.407. The van der Waals surface area contributed by atoms with E-state index in [2.05, 4.69) is 15.0 Å². The third-order valence-electron chi connectivity index (χ3n) is 3.74. The van der Waals surface area contributed by atoms with E-state index in [1.54, 1.807) is 24.3 Å². The predicted molar refractivity (Wildman–Crippen MR) is 85.7 cm³/mol. The quantitative estimate of drug-likeness (QED) is 0.670. The van der Waals surface area contributed by atoms with Crippen molar-refractivity contribution in [2.45, 2.75) is 12.6 Å². The van der Waals surface area contributed by atoms with Gasteiger partial charge < -0.3 is 4.90 Å². The number of nitrogens with zero attached hydrogens (tertiary/aromatic N) is 4. The van der Waals surface area contributed by atoms with Crippen LogP contribution >= 0.6 is 0 Å². The highest BCUT2D eigenvalue weighted by molar-refractivity contribution is 5.89. The summed E-state index contributed by atoms with van der Waals surface area (Å²) in [5.41, 5.74) is 1.04. The van der Waals surface area contributed by atoms with Crippen molar-refractivity contribution in [1.29, 1.82) is 0 Å². The molecule has 25 heavy (non-hydrogen) atoms. The van der Waals surface area contributed by atoms with E-state index < -0.39 is 17.8 Å². The van der Waals surface area contributed by atoms with Crippen LogP contribution in [0.15, 0.2) is 42.7 Å². The zero-order valence-electron chi connectivity index (χ0n) is 13.3. The monoisotopic (exact) mass is 350 g/mol. The Kier molecular flexibility index (Phi) is 4.52. The summed E-state index contributed by atoms with van der Waals surface area (Å²) in [4.78, 5) is 12.6. The lowest BCUT2D eigenvalue weighted by Crippen LogP contribution is -2.24. The van der Waals surface area contributed by atoms with Crippen LogP contribution in [-0.4, -0.2) is 28.5 Å². The van der Waals surface area contributed by atoms with Crippen molar-refractivity contribution < 1.29 is 17.6 Å². The highest BCUT2D eigenvalue weighted by Crippen LogP contribution is 2.31. The van der Waals surface area contributed by atoms with E-state index in [-0.39, 0.29) is 16.7 Å². The van der Waals surface area contributed by atoms with Crippen molar-refractivity contribution in [1.82, 2.24) is 15.0 Å². The van der Waals surface area contributed by atoms with Crippen molar-refractivity contribution in [2.24, 2.45) is 0 Å². The van der Waals surface area contributed by atoms with Crippen LogP contribution in [0.3, 0.4) is 0 Å². The van der Waals surface area contributed by atoms with E-state index in [0.717, 1.165) is 17.7 Å². The molecule has 1 aromatic carbocycles. The second-order valence-corrected chi connectivity index (χ2v) is 5.56. The lowest BCUT2D eigenvalue weighted by atomic mass is 10.2. The number of rotatable bonds is 4. The number of anilines is 1. The number of aromatic nitrogens is 3. The molecular formula is C17H14F4N4. The molecule has 0 saturated carbocycles. The van der Waals surface area contributed by atoms with Crippen LogP contribution in [0.2, 0.25) is 0 Å². The predicted octanol–water partition coefficient (Wildman–Crippen LogP) is 3.86. The fraction of sp³-hybridized carbons (Fsp3) is 0.235. The number of alkyl halides is 3. The zero-order valence-corrected chi connectivity index (χ0v) is 13.3. The van der Waals surface area contributed by atoms with E-state index in [1.165, 1.54) is 6.07 Å². The summed E-state index contributed by atoms with van der Waals surface area (Å²) in [6.07, 6.45) is -0.802. The number of halogens is 4. The van der Waals surface area contributed by atoms with E-state index in [4.69, 9.17) is 0 Å². The average molecular weight is 350 g/mol. The Morgan fingerprint density at radius 1 is 1.04 bits per heavy atom. The number of hydrogen-bond acceptors (Lipinski definition) is 4. The van der Waals surface area contributed by atoms with Crippen LogP contribution in [0.25, 0.3) is 10.9 Å². The summed E-state index contributed by atoms with van der Waals surface area (Å²) in [5, 5.41) is 0.241. The Morgan fingerprint density at radius 3 is 2.44 bits per heavy atom. The SMILES string of the molecule is CN(CCc1ccncc1)c1nc(C(F)(F)F)nc2ccc(F)cc12. The molecule has 3 rings (SSSR count). The second kappa shape index (κ2) is 6.62. The standard InChI is InChI=1S/C17H14F4N4/c1-25(9-6-11-4-7-22-8-5-11)15-13-10-12(18)2-3-14(13)23-16(24-15)17(19,20)21/h2-5,7-8,10H,6,9H2,1H3. The summed E-state index contributed by atoms with van der Waals surface area (Å²) < 4.78 is 52.8. The molecule has 0 aliphatic carbocycles. The Bertz CT molecular complexity index is 881. The maximum atomic E-state index is 13.6. The van der Waals surface area contributed by atoms with E-state index >= 15 is 0 Å². The van der Waals surface area contributed by atoms with Gasteiger partial charge in [-0.15, -0.1) is 0 Å². The Balaban J connectivity index is 1.98. The number of fused-ring (bicyclic) bond motifs is 1. The first-order valence-electron chi connectivity index (χ1n) is 7.49. The lowest BCUT2D eigenvalue weighted by Gasteiger charge is -2.21. The molecule has 0 saturated heterocycles. The van der Waals surface area contributed by atoms with Crippen LogP contribution in [-0.2, 0) is 12.6 Å². The Labute approximate surface area is 141 Å². The van der Waals surface area contributed by atoms with Crippen molar-refractivity contribution in [3.8, 4) is 0 Å². The van der Waals surface area contributed by atoms with Gasteiger partial charge in [0.05, 0.1) is 5.52 Å². The van der Waals surface area contributed by atoms with Gasteiger partial charge in [0.2, 0.25) is 5.82 Å². The zero-order chi connectivity index (χ0) is 18.0. The van der Waals surface area contributed by atoms with E-state index in [0.29, 0.717) is 13.0 Å². The van der Waals surface area contributed by atoms with Gasteiger partial charge in [-0.05, 0) is 42.3 Å². The first-order valence-corrected chi connectivity index (χ1v) is 7.49. The van der Waals surface area contributed by atoms with E-state index in [9.17, 15) is 17.6 Å². The number of pyridine rings is 1. The number of hydrogen-bond donors (Lipinski definition) is 0. The summed E-state index contributed by atoms with van der Waals surface area (Å²) in [7, 11) is 1.62. The minimum Gasteiger partial charge on any atom is -0.359 e. The molecule has 0 amide bonds. The van der Waals surface area contributed by atoms with Gasteiger partial charge in [-0.2, -0.15) is 13.2 Å². The van der Waals surface area contributed by atoms with Gasteiger partial charge >= 0.3 is 6.18 Å². The normalized spacial score (nSPS) is 11.7. The van der Waals surface area contributed by atoms with Gasteiger partial charge in [-0.3, -0.25) is 4.98 Å². The van der Waals surface area contributed by atoms with Crippen molar-refractivity contribution >= 4 is 16.7 Å². The van der Waals surface area contributed by atoms with E-state index in [1.807, 2.05) is 12.1 Å². The fourth-order valence-corrected chi connectivity index (χ4v) is 2.45. The molecule has 8 heteroatoms. The molecular weight excluding hydrogens is 336 g/mol. The molecule has 0 fully saturated rings. The molecule has 0 radical (unpaired) electrons. The second-order valence-electron chi connectivity index (χ2n) is 5.56. The van der Waals surface area contributed by atoms with Crippen molar-refractivity contribution in [2.75, 3.05) is 18.5 Å². The summed E-state index contributed by atoms with van der Waals surface area (Å²) in [5.74, 6) is -1.75. The Morgan fingerprint density at radius 2 is 1.76 bits per heavy atom. The summed E-state index contributed by atoms with van der Waals surface area (Å²) >= 11 is 0. The maximum Gasteiger partial charge on any atom is 0.451 e. The lowest BCUT2D eigenvalue weighted by molar-refractivity contribution is -0.144. The highest BCUT2D eigenvalue weighted by atomic mass is 19.4. The minimum atomic E-state index is -4.68. The first kappa shape index (κ1) is 17.1. The molecule has 3 aromatic rings. The topological polar surface area (TPSA) is 41.9 Å². The van der Waals surface area contributed by atoms with Crippen LogP contribution in [0.1, 0.15) is 11.4 Å². The van der Waals surface area contributed by atoms with Crippen LogP contribution in [0.4, 0.5) is 23.4 Å². The molecule has 4 nitrogen and oxygen atoms in total. The number of likely N-dealkylation sites (N-methyl/N-ethyl adjacent to an activating group) is 1. The first-order chi connectivity index (χ1) is 11.8. The third-order valence-corrected chi connectivity index (χ3v) is 3.74. The fourth-order valence-electron chi connectivity index (χ4n) is 2.45. The minimum absolute atomic E-state index is 0.0471. The molecule has 2 heterocycles. The molecule has 0 aliphatic heterocycles. The van der Waals surface area contributed by atoms with Gasteiger partial charge in [0.25, 0.3) is 0 Å². The molecule has 0 bridgehead atoms. The molecule has 0 unspecified atom stereocenters. The third kappa shape index (κ3) is 3.84. The van der Waals surface area contributed by atoms with Gasteiger partial charge in [0.1, 0.15) is 11.6 Å². The van der Waals surface area contributed by atoms with Crippen LogP contribution < -0.4 is 4.90 Å². The molecule has 0 N–H and O–H groups in total. The largest absolute Gasteiger partial charge is 0.451 e. The molecule has 0 atom stereocenters. The average Bonchev–Trinajstić information content (AvgIpc) is 2.58. The summed E-state index contributed by atoms with van der Waals surface area (Å²) in [6, 6.07) is 7.10. The van der Waals surface area contributed by atoms with Crippen molar-refractivity contribution in [3.05, 3.63) is 59.9 Å². The highest BCUT2D eigenvalue weighted by Gasteiger charge is 2.36. The van der Waals surface area contributed by atoms with Crippen LogP contribution in [0, 0.1) is 5.82 Å². The maximum absolute atomic E-state index is 13.6. The van der Waals surface area contributed by atoms with Crippen molar-refractivity contribution in [3.63, 3.8) is 0 Å². The van der Waals surface area contributed by atoms with Gasteiger partial charge in [-0.1, -0.05) is 0 Å². The molecule has 0 spiro atoms.